The Kier molecular flexibility index (Phi) is 5.83. The summed E-state index contributed by atoms with van der Waals surface area (Å²) in [7, 11) is -1.47. The largest absolute Gasteiger partial charge is 0.375 e. The van der Waals surface area contributed by atoms with Gasteiger partial charge in [-0.25, -0.2) is 0 Å². The fourth-order valence-corrected chi connectivity index (χ4v) is 4.88. The highest BCUT2D eigenvalue weighted by Crippen LogP contribution is 2.61. The molecule has 0 amide bonds. The van der Waals surface area contributed by atoms with Crippen molar-refractivity contribution in [2.45, 2.75) is 63.1 Å². The fraction of sp³-hybridized carbons (Fsp3) is 0.667. The molecule has 0 aliphatic carbocycles. The number of ether oxygens (including phenoxy) is 4. The summed E-state index contributed by atoms with van der Waals surface area (Å²) in [5, 5.41) is 9.08. The molecular weight excluding hydrogens is 375 g/mol. The molecule has 0 unspecified atom stereocenters. The van der Waals surface area contributed by atoms with Crippen LogP contribution in [0.4, 0.5) is 0 Å². The van der Waals surface area contributed by atoms with E-state index in [2.05, 4.69) is 0 Å². The van der Waals surface area contributed by atoms with Crippen LogP contribution in [0.2, 0.25) is 0 Å². The number of hydrogen-bond acceptors (Lipinski definition) is 8. The molecule has 1 aromatic carbocycles. The van der Waals surface area contributed by atoms with Crippen molar-refractivity contribution in [2.24, 2.45) is 0 Å². The molecule has 0 saturated carbocycles. The standard InChI is InChI=1S/C18H27O8P/c1-17(2)25-14-13(23-11-12-9-7-6-8-10-12)15(24-16(14)26-17)18(3,19)27(20,21-4)22-5/h6-10,13-16,19H,11H2,1-5H3/t13-,14-,15+,16-,18+/m1/s1. The Labute approximate surface area is 159 Å². The van der Waals surface area contributed by atoms with E-state index in [-0.39, 0.29) is 6.61 Å². The first-order valence-corrected chi connectivity index (χ1v) is 10.3. The van der Waals surface area contributed by atoms with E-state index in [0.717, 1.165) is 5.56 Å². The van der Waals surface area contributed by atoms with Gasteiger partial charge in [-0.15, -0.1) is 0 Å². The summed E-state index contributed by atoms with van der Waals surface area (Å²) in [5.74, 6) is -0.854. The Hall–Kier alpha value is -0.830. The van der Waals surface area contributed by atoms with Crippen molar-refractivity contribution in [3.63, 3.8) is 0 Å². The average molecular weight is 402 g/mol. The number of rotatable bonds is 7. The topological polar surface area (TPSA) is 92.7 Å². The minimum atomic E-state index is -3.90. The third-order valence-corrected chi connectivity index (χ3v) is 7.18. The van der Waals surface area contributed by atoms with E-state index in [1.807, 2.05) is 30.3 Å². The molecule has 2 heterocycles. The predicted molar refractivity (Wildman–Crippen MR) is 96.0 cm³/mol. The van der Waals surface area contributed by atoms with Crippen molar-refractivity contribution in [3.8, 4) is 0 Å². The van der Waals surface area contributed by atoms with E-state index in [4.69, 9.17) is 28.0 Å². The normalized spacial score (nSPS) is 32.2. The summed E-state index contributed by atoms with van der Waals surface area (Å²) in [5.41, 5.74) is 0.944. The fourth-order valence-electron chi connectivity index (χ4n) is 3.47. The lowest BCUT2D eigenvalue weighted by Gasteiger charge is -2.37. The average Bonchev–Trinajstić information content (AvgIpc) is 3.12. The molecule has 0 aromatic heterocycles. The summed E-state index contributed by atoms with van der Waals surface area (Å²) in [6.07, 6.45) is -3.15. The third kappa shape index (κ3) is 3.86. The number of benzene rings is 1. The third-order valence-electron chi connectivity index (χ3n) is 4.85. The Morgan fingerprint density at radius 1 is 1.19 bits per heavy atom. The number of hydrogen-bond donors (Lipinski definition) is 1. The van der Waals surface area contributed by atoms with E-state index < -0.39 is 43.3 Å². The van der Waals surface area contributed by atoms with Gasteiger partial charge in [-0.2, -0.15) is 0 Å². The van der Waals surface area contributed by atoms with E-state index in [9.17, 15) is 9.67 Å². The second kappa shape index (κ2) is 7.54. The lowest BCUT2D eigenvalue weighted by atomic mass is 10.1. The summed E-state index contributed by atoms with van der Waals surface area (Å²) < 4.78 is 46.5. The molecule has 2 aliphatic rings. The zero-order valence-electron chi connectivity index (χ0n) is 16.2. The zero-order chi connectivity index (χ0) is 19.9. The Morgan fingerprint density at radius 3 is 2.41 bits per heavy atom. The lowest BCUT2D eigenvalue weighted by molar-refractivity contribution is -0.235. The van der Waals surface area contributed by atoms with Crippen LogP contribution in [0.25, 0.3) is 0 Å². The molecule has 9 heteroatoms. The highest BCUT2D eigenvalue weighted by Gasteiger charge is 2.64. The molecule has 1 aromatic rings. The van der Waals surface area contributed by atoms with Crippen molar-refractivity contribution < 1.29 is 37.7 Å². The monoisotopic (exact) mass is 402 g/mol. The lowest BCUT2D eigenvalue weighted by Crippen LogP contribution is -2.49. The van der Waals surface area contributed by atoms with Crippen LogP contribution in [0.5, 0.6) is 0 Å². The maximum Gasteiger partial charge on any atom is 0.363 e. The maximum atomic E-state index is 12.9. The summed E-state index contributed by atoms with van der Waals surface area (Å²) in [6, 6.07) is 9.57. The van der Waals surface area contributed by atoms with Crippen molar-refractivity contribution in [3.05, 3.63) is 35.9 Å². The second-order valence-corrected chi connectivity index (χ2v) is 9.87. The number of aliphatic hydroxyl groups is 1. The minimum absolute atomic E-state index is 0.263. The van der Waals surface area contributed by atoms with Gasteiger partial charge in [0, 0.05) is 14.2 Å². The van der Waals surface area contributed by atoms with E-state index in [1.54, 1.807) is 13.8 Å². The molecule has 0 spiro atoms. The van der Waals surface area contributed by atoms with Crippen LogP contribution in [-0.2, 0) is 39.2 Å². The molecule has 3 rings (SSSR count). The van der Waals surface area contributed by atoms with Gasteiger partial charge in [-0.1, -0.05) is 30.3 Å². The van der Waals surface area contributed by atoms with E-state index in [1.165, 1.54) is 21.1 Å². The summed E-state index contributed by atoms with van der Waals surface area (Å²) in [4.78, 5) is 0. The predicted octanol–water partition coefficient (Wildman–Crippen LogP) is 2.64. The van der Waals surface area contributed by atoms with Gasteiger partial charge in [0.05, 0.1) is 6.61 Å². The summed E-state index contributed by atoms with van der Waals surface area (Å²) in [6.45, 7) is 5.14. The Morgan fingerprint density at radius 2 is 1.81 bits per heavy atom. The van der Waals surface area contributed by atoms with Crippen LogP contribution in [0, 0.1) is 0 Å². The van der Waals surface area contributed by atoms with Crippen molar-refractivity contribution in [1.82, 2.24) is 0 Å². The minimum Gasteiger partial charge on any atom is -0.375 e. The van der Waals surface area contributed by atoms with Gasteiger partial charge in [0.15, 0.2) is 17.4 Å². The van der Waals surface area contributed by atoms with Gasteiger partial charge in [0.2, 0.25) is 0 Å². The van der Waals surface area contributed by atoms with Gasteiger partial charge in [0.1, 0.15) is 18.3 Å². The van der Waals surface area contributed by atoms with Crippen LogP contribution in [-0.4, -0.2) is 55.1 Å². The van der Waals surface area contributed by atoms with Gasteiger partial charge in [-0.05, 0) is 26.3 Å². The molecular formula is C18H27O8P. The van der Waals surface area contributed by atoms with Gasteiger partial charge >= 0.3 is 7.60 Å². The first kappa shape index (κ1) is 20.9. The molecule has 2 fully saturated rings. The highest BCUT2D eigenvalue weighted by molar-refractivity contribution is 7.55. The maximum absolute atomic E-state index is 12.9. The van der Waals surface area contributed by atoms with Crippen molar-refractivity contribution >= 4 is 7.60 Å². The van der Waals surface area contributed by atoms with Crippen LogP contribution < -0.4 is 0 Å². The van der Waals surface area contributed by atoms with Gasteiger partial charge in [0.25, 0.3) is 0 Å². The van der Waals surface area contributed by atoms with Crippen LogP contribution in [0.15, 0.2) is 30.3 Å². The van der Waals surface area contributed by atoms with E-state index >= 15 is 0 Å². The molecule has 2 aliphatic heterocycles. The molecule has 5 atom stereocenters. The molecule has 8 nitrogen and oxygen atoms in total. The smallest absolute Gasteiger partial charge is 0.363 e. The molecule has 27 heavy (non-hydrogen) atoms. The second-order valence-electron chi connectivity index (χ2n) is 7.24. The van der Waals surface area contributed by atoms with Gasteiger partial charge in [-0.3, -0.25) is 4.57 Å². The Bertz CT molecular complexity index is 684. The van der Waals surface area contributed by atoms with Crippen LogP contribution in [0.1, 0.15) is 26.3 Å². The first-order valence-electron chi connectivity index (χ1n) is 8.74. The summed E-state index contributed by atoms with van der Waals surface area (Å²) >= 11 is 0. The van der Waals surface area contributed by atoms with Gasteiger partial charge < -0.3 is 33.1 Å². The molecule has 2 saturated heterocycles. The number of fused-ring (bicyclic) bond motifs is 1. The zero-order valence-corrected chi connectivity index (χ0v) is 17.0. The van der Waals surface area contributed by atoms with Crippen LogP contribution >= 0.6 is 7.60 Å². The molecule has 152 valence electrons. The quantitative estimate of drug-likeness (QED) is 0.696. The highest BCUT2D eigenvalue weighted by atomic mass is 31.2. The van der Waals surface area contributed by atoms with Crippen molar-refractivity contribution in [2.75, 3.05) is 14.2 Å². The Balaban J connectivity index is 1.86. The SMILES string of the molecule is COP(=O)(OC)[C@](C)(O)[C@H]1O[C@@H]2OC(C)(C)O[C@@H]2[C@H]1OCc1ccccc1. The van der Waals surface area contributed by atoms with E-state index in [0.29, 0.717) is 0 Å². The van der Waals surface area contributed by atoms with Crippen LogP contribution in [0.3, 0.4) is 0 Å². The first-order chi connectivity index (χ1) is 12.6. The van der Waals surface area contributed by atoms with Crippen molar-refractivity contribution in [1.29, 1.82) is 0 Å². The molecule has 1 N–H and O–H groups in total. The molecule has 0 bridgehead atoms. The molecule has 0 radical (unpaired) electrons.